The number of carbonyl (C=O) groups excluding carboxylic acids is 1. The largest absolute Gasteiger partial charge is 0.380 e. The van der Waals surface area contributed by atoms with Crippen LogP contribution in [0.2, 0.25) is 0 Å². The third-order valence-electron chi connectivity index (χ3n) is 3.59. The SMILES string of the molecule is CN1CC(Nc2cccc3c2CNC3)CC1=O. The summed E-state index contributed by atoms with van der Waals surface area (Å²) >= 11 is 0. The van der Waals surface area contributed by atoms with Crippen molar-refractivity contribution in [2.45, 2.75) is 25.6 Å². The van der Waals surface area contributed by atoms with Crippen molar-refractivity contribution in [3.63, 3.8) is 0 Å². The molecule has 90 valence electrons. The van der Waals surface area contributed by atoms with E-state index in [2.05, 4.69) is 28.8 Å². The predicted molar refractivity (Wildman–Crippen MR) is 66.7 cm³/mol. The highest BCUT2D eigenvalue weighted by molar-refractivity contribution is 5.79. The second kappa shape index (κ2) is 4.04. The van der Waals surface area contributed by atoms with E-state index in [9.17, 15) is 4.79 Å². The molecule has 1 fully saturated rings. The highest BCUT2D eigenvalue weighted by Gasteiger charge is 2.27. The first-order valence-corrected chi connectivity index (χ1v) is 6.06. The van der Waals surface area contributed by atoms with Crippen LogP contribution < -0.4 is 10.6 Å². The van der Waals surface area contributed by atoms with Crippen molar-refractivity contribution in [3.8, 4) is 0 Å². The Morgan fingerprint density at radius 1 is 1.41 bits per heavy atom. The van der Waals surface area contributed by atoms with E-state index < -0.39 is 0 Å². The van der Waals surface area contributed by atoms with Gasteiger partial charge in [0, 0.05) is 38.8 Å². The number of benzene rings is 1. The second-order valence-electron chi connectivity index (χ2n) is 4.87. The van der Waals surface area contributed by atoms with Crippen LogP contribution in [0.3, 0.4) is 0 Å². The van der Waals surface area contributed by atoms with Gasteiger partial charge in [-0.3, -0.25) is 4.79 Å². The maximum absolute atomic E-state index is 11.5. The second-order valence-corrected chi connectivity index (χ2v) is 4.87. The molecule has 2 aliphatic rings. The number of anilines is 1. The molecule has 1 aromatic rings. The molecule has 2 aliphatic heterocycles. The van der Waals surface area contributed by atoms with Gasteiger partial charge in [-0.1, -0.05) is 12.1 Å². The van der Waals surface area contributed by atoms with Crippen molar-refractivity contribution in [1.82, 2.24) is 10.2 Å². The van der Waals surface area contributed by atoms with Gasteiger partial charge < -0.3 is 15.5 Å². The van der Waals surface area contributed by atoms with Crippen molar-refractivity contribution in [3.05, 3.63) is 29.3 Å². The number of nitrogens with zero attached hydrogens (tertiary/aromatic N) is 1. The number of amides is 1. The molecule has 0 aliphatic carbocycles. The molecule has 0 aromatic heterocycles. The minimum atomic E-state index is 0.230. The summed E-state index contributed by atoms with van der Waals surface area (Å²) in [7, 11) is 1.86. The van der Waals surface area contributed by atoms with Crippen LogP contribution in [0.4, 0.5) is 5.69 Å². The van der Waals surface area contributed by atoms with Crippen molar-refractivity contribution in [1.29, 1.82) is 0 Å². The third kappa shape index (κ3) is 1.89. The summed E-state index contributed by atoms with van der Waals surface area (Å²) in [5.74, 6) is 0.230. The van der Waals surface area contributed by atoms with Crippen LogP contribution in [0.25, 0.3) is 0 Å². The van der Waals surface area contributed by atoms with Gasteiger partial charge in [0.2, 0.25) is 5.91 Å². The van der Waals surface area contributed by atoms with Crippen LogP contribution in [0, 0.1) is 0 Å². The molecular formula is C13H17N3O. The smallest absolute Gasteiger partial charge is 0.224 e. The minimum Gasteiger partial charge on any atom is -0.380 e. The number of fused-ring (bicyclic) bond motifs is 1. The van der Waals surface area contributed by atoms with E-state index in [-0.39, 0.29) is 11.9 Å². The first-order chi connectivity index (χ1) is 8.24. The number of rotatable bonds is 2. The van der Waals surface area contributed by atoms with Gasteiger partial charge in [-0.05, 0) is 17.2 Å². The Bertz CT molecular complexity index is 458. The molecule has 0 bridgehead atoms. The fourth-order valence-electron chi connectivity index (χ4n) is 2.65. The minimum absolute atomic E-state index is 0.230. The molecule has 4 heteroatoms. The van der Waals surface area contributed by atoms with Gasteiger partial charge in [-0.15, -0.1) is 0 Å². The molecule has 1 amide bonds. The summed E-state index contributed by atoms with van der Waals surface area (Å²) in [5, 5.41) is 6.85. The van der Waals surface area contributed by atoms with Crippen molar-refractivity contribution >= 4 is 11.6 Å². The number of hydrogen-bond donors (Lipinski definition) is 2. The van der Waals surface area contributed by atoms with Crippen LogP contribution in [0.5, 0.6) is 0 Å². The van der Waals surface area contributed by atoms with E-state index in [0.717, 1.165) is 19.6 Å². The molecule has 0 spiro atoms. The third-order valence-corrected chi connectivity index (χ3v) is 3.59. The van der Waals surface area contributed by atoms with Crippen LogP contribution >= 0.6 is 0 Å². The average Bonchev–Trinajstić information content (AvgIpc) is 2.87. The monoisotopic (exact) mass is 231 g/mol. The highest BCUT2D eigenvalue weighted by Crippen LogP contribution is 2.26. The van der Waals surface area contributed by atoms with Gasteiger partial charge in [0.15, 0.2) is 0 Å². The Balaban J connectivity index is 1.78. The molecule has 2 heterocycles. The summed E-state index contributed by atoms with van der Waals surface area (Å²) in [6.07, 6.45) is 0.605. The Hall–Kier alpha value is -1.55. The lowest BCUT2D eigenvalue weighted by molar-refractivity contribution is -0.126. The summed E-state index contributed by atoms with van der Waals surface area (Å²) in [6.45, 7) is 2.68. The van der Waals surface area contributed by atoms with E-state index in [1.54, 1.807) is 4.90 Å². The van der Waals surface area contributed by atoms with E-state index in [1.165, 1.54) is 16.8 Å². The standard InChI is InChI=1S/C13H17N3O/c1-16-8-10(5-13(16)17)15-12-4-2-3-9-6-14-7-11(9)12/h2-4,10,14-15H,5-8H2,1H3. The molecule has 0 saturated carbocycles. The quantitative estimate of drug-likeness (QED) is 0.796. The Morgan fingerprint density at radius 2 is 2.29 bits per heavy atom. The number of hydrogen-bond acceptors (Lipinski definition) is 3. The summed E-state index contributed by atoms with van der Waals surface area (Å²) in [4.78, 5) is 13.3. The Morgan fingerprint density at radius 3 is 3.06 bits per heavy atom. The van der Waals surface area contributed by atoms with Gasteiger partial charge >= 0.3 is 0 Å². The normalized spacial score (nSPS) is 23.0. The number of likely N-dealkylation sites (tertiary alicyclic amines) is 1. The number of likely N-dealkylation sites (N-methyl/N-ethyl adjacent to an activating group) is 1. The molecule has 17 heavy (non-hydrogen) atoms. The molecule has 2 N–H and O–H groups in total. The van der Waals surface area contributed by atoms with E-state index in [4.69, 9.17) is 0 Å². The van der Waals surface area contributed by atoms with Crippen molar-refractivity contribution < 1.29 is 4.79 Å². The first-order valence-electron chi connectivity index (χ1n) is 6.06. The van der Waals surface area contributed by atoms with Crippen LogP contribution in [-0.2, 0) is 17.9 Å². The molecular weight excluding hydrogens is 214 g/mol. The molecule has 4 nitrogen and oxygen atoms in total. The fourth-order valence-corrected chi connectivity index (χ4v) is 2.65. The lowest BCUT2D eigenvalue weighted by atomic mass is 10.1. The zero-order valence-electron chi connectivity index (χ0n) is 9.99. The van der Waals surface area contributed by atoms with Crippen LogP contribution in [0.1, 0.15) is 17.5 Å². The van der Waals surface area contributed by atoms with Crippen LogP contribution in [0.15, 0.2) is 18.2 Å². The van der Waals surface area contributed by atoms with Crippen LogP contribution in [-0.4, -0.2) is 30.4 Å². The van der Waals surface area contributed by atoms with E-state index >= 15 is 0 Å². The maximum atomic E-state index is 11.5. The van der Waals surface area contributed by atoms with Crippen molar-refractivity contribution in [2.24, 2.45) is 0 Å². The molecule has 0 radical (unpaired) electrons. The summed E-state index contributed by atoms with van der Waals surface area (Å²) in [6, 6.07) is 6.59. The zero-order valence-corrected chi connectivity index (χ0v) is 9.99. The predicted octanol–water partition coefficient (Wildman–Crippen LogP) is 0.932. The molecule has 1 atom stereocenters. The topological polar surface area (TPSA) is 44.4 Å². The van der Waals surface area contributed by atoms with Gasteiger partial charge in [0.25, 0.3) is 0 Å². The zero-order chi connectivity index (χ0) is 11.8. The Labute approximate surface area is 101 Å². The molecule has 1 saturated heterocycles. The first kappa shape index (κ1) is 10.6. The molecule has 1 aromatic carbocycles. The van der Waals surface area contributed by atoms with Crippen molar-refractivity contribution in [2.75, 3.05) is 18.9 Å². The van der Waals surface area contributed by atoms with Gasteiger partial charge in [-0.2, -0.15) is 0 Å². The average molecular weight is 231 g/mol. The number of carbonyl (C=O) groups is 1. The maximum Gasteiger partial charge on any atom is 0.224 e. The molecule has 1 unspecified atom stereocenters. The Kier molecular flexibility index (Phi) is 2.52. The fraction of sp³-hybridized carbons (Fsp3) is 0.462. The lowest BCUT2D eigenvalue weighted by Gasteiger charge is -2.16. The molecule has 3 rings (SSSR count). The summed E-state index contributed by atoms with van der Waals surface area (Å²) < 4.78 is 0. The summed E-state index contributed by atoms with van der Waals surface area (Å²) in [5.41, 5.74) is 3.91. The lowest BCUT2D eigenvalue weighted by Crippen LogP contribution is -2.24. The van der Waals surface area contributed by atoms with Gasteiger partial charge in [-0.25, -0.2) is 0 Å². The van der Waals surface area contributed by atoms with E-state index in [0.29, 0.717) is 6.42 Å². The number of nitrogens with one attached hydrogen (secondary N) is 2. The van der Waals surface area contributed by atoms with Gasteiger partial charge in [0.1, 0.15) is 0 Å². The van der Waals surface area contributed by atoms with E-state index in [1.807, 2.05) is 7.05 Å². The van der Waals surface area contributed by atoms with Gasteiger partial charge in [0.05, 0.1) is 6.04 Å². The highest BCUT2D eigenvalue weighted by atomic mass is 16.2.